The average Bonchev–Trinajstić information content (AvgIpc) is 2.69. The van der Waals surface area contributed by atoms with Crippen LogP contribution >= 0.6 is 0 Å². The number of anilines is 1. The molecule has 3 N–H and O–H groups in total. The lowest BCUT2D eigenvalue weighted by molar-refractivity contribution is 0.118. The Kier molecular flexibility index (Phi) is 5.85. The molecule has 6 nitrogen and oxygen atoms in total. The molecule has 1 saturated heterocycles. The van der Waals surface area contributed by atoms with E-state index in [-0.39, 0.29) is 0 Å². The van der Waals surface area contributed by atoms with Crippen LogP contribution in [0.5, 0.6) is 5.75 Å². The molecular formula is C22H33N5O. The third kappa shape index (κ3) is 3.88. The highest BCUT2D eigenvalue weighted by Crippen LogP contribution is 2.42. The van der Waals surface area contributed by atoms with Gasteiger partial charge in [0.2, 0.25) is 0 Å². The minimum absolute atomic E-state index is 0.305. The number of nitrogens with one attached hydrogen (secondary N) is 3. The first-order chi connectivity index (χ1) is 13.7. The van der Waals surface area contributed by atoms with E-state index in [2.05, 4.69) is 46.8 Å². The van der Waals surface area contributed by atoms with Gasteiger partial charge in [-0.05, 0) is 77.1 Å². The Morgan fingerprint density at radius 1 is 1.25 bits per heavy atom. The van der Waals surface area contributed by atoms with Gasteiger partial charge in [0.05, 0.1) is 6.10 Å². The highest BCUT2D eigenvalue weighted by atomic mass is 16.5. The Hall–Kier alpha value is -2.08. The van der Waals surface area contributed by atoms with Crippen molar-refractivity contribution in [3.8, 4) is 5.75 Å². The summed E-state index contributed by atoms with van der Waals surface area (Å²) in [4.78, 5) is 2.35. The van der Waals surface area contributed by atoms with Crippen LogP contribution in [-0.2, 0) is 6.42 Å². The molecule has 1 aliphatic carbocycles. The van der Waals surface area contributed by atoms with Crippen molar-refractivity contribution in [1.82, 2.24) is 10.6 Å². The second kappa shape index (κ2) is 8.52. The molecule has 1 saturated carbocycles. The van der Waals surface area contributed by atoms with Gasteiger partial charge in [0.1, 0.15) is 11.4 Å². The molecule has 1 aromatic rings. The van der Waals surface area contributed by atoms with Gasteiger partial charge in [-0.25, -0.2) is 5.53 Å². The number of benzene rings is 1. The molecule has 152 valence electrons. The summed E-state index contributed by atoms with van der Waals surface area (Å²) in [5.41, 5.74) is 12.0. The molecule has 4 rings (SSSR count). The van der Waals surface area contributed by atoms with Crippen LogP contribution in [0.1, 0.15) is 56.6 Å². The SMILES string of the molecule is CC1CCc2c(ccc(/C(=C/NC3CCNCC3)N=N)c2OC2CCC2)N1C. The van der Waals surface area contributed by atoms with Crippen molar-refractivity contribution >= 4 is 11.4 Å². The summed E-state index contributed by atoms with van der Waals surface area (Å²) in [7, 11) is 2.17. The van der Waals surface area contributed by atoms with Crippen LogP contribution < -0.4 is 20.3 Å². The van der Waals surface area contributed by atoms with Crippen LogP contribution in [0.3, 0.4) is 0 Å². The van der Waals surface area contributed by atoms with Gasteiger partial charge < -0.3 is 20.3 Å². The summed E-state index contributed by atoms with van der Waals surface area (Å²) in [5, 5.41) is 10.8. The summed E-state index contributed by atoms with van der Waals surface area (Å²) >= 11 is 0. The number of nitrogens with zero attached hydrogens (tertiary/aromatic N) is 2. The maximum absolute atomic E-state index is 7.80. The molecule has 2 heterocycles. The molecule has 2 aliphatic heterocycles. The maximum Gasteiger partial charge on any atom is 0.134 e. The van der Waals surface area contributed by atoms with Crippen LogP contribution in [0, 0.1) is 5.53 Å². The van der Waals surface area contributed by atoms with Gasteiger partial charge >= 0.3 is 0 Å². The molecule has 6 heteroatoms. The quantitative estimate of drug-likeness (QED) is 0.648. The fourth-order valence-electron chi connectivity index (χ4n) is 4.32. The van der Waals surface area contributed by atoms with Crippen LogP contribution in [0.25, 0.3) is 5.70 Å². The number of fused-ring (bicyclic) bond motifs is 1. The Morgan fingerprint density at radius 2 is 2.04 bits per heavy atom. The van der Waals surface area contributed by atoms with Crippen molar-refractivity contribution < 1.29 is 4.74 Å². The number of piperidine rings is 1. The van der Waals surface area contributed by atoms with Crippen molar-refractivity contribution in [3.63, 3.8) is 0 Å². The second-order valence-corrected chi connectivity index (χ2v) is 8.44. The van der Waals surface area contributed by atoms with E-state index >= 15 is 0 Å². The number of ether oxygens (including phenoxy) is 1. The Morgan fingerprint density at radius 3 is 2.71 bits per heavy atom. The molecule has 0 radical (unpaired) electrons. The fraction of sp³-hybridized carbons (Fsp3) is 0.636. The summed E-state index contributed by atoms with van der Waals surface area (Å²) in [6, 6.07) is 5.25. The minimum Gasteiger partial charge on any atom is -0.489 e. The molecule has 0 spiro atoms. The fourth-order valence-corrected chi connectivity index (χ4v) is 4.32. The molecule has 1 aromatic carbocycles. The Balaban J connectivity index is 1.66. The molecule has 2 fully saturated rings. The highest BCUT2D eigenvalue weighted by Gasteiger charge is 2.29. The Labute approximate surface area is 168 Å². The third-order valence-corrected chi connectivity index (χ3v) is 6.62. The first-order valence-corrected chi connectivity index (χ1v) is 10.8. The lowest BCUT2D eigenvalue weighted by Gasteiger charge is -2.37. The van der Waals surface area contributed by atoms with Crippen LogP contribution in [0.4, 0.5) is 5.69 Å². The van der Waals surface area contributed by atoms with Gasteiger partial charge in [-0.15, -0.1) is 0 Å². The van der Waals surface area contributed by atoms with E-state index in [9.17, 15) is 0 Å². The topological polar surface area (TPSA) is 72.7 Å². The molecule has 0 amide bonds. The first-order valence-electron chi connectivity index (χ1n) is 10.8. The van der Waals surface area contributed by atoms with Gasteiger partial charge in [0.15, 0.2) is 0 Å². The van der Waals surface area contributed by atoms with Crippen LogP contribution in [0.15, 0.2) is 23.4 Å². The lowest BCUT2D eigenvalue weighted by atomic mass is 9.92. The molecule has 3 aliphatic rings. The summed E-state index contributed by atoms with van der Waals surface area (Å²) in [5.74, 6) is 0.954. The first kappa shape index (κ1) is 19.2. The van der Waals surface area contributed by atoms with Crippen molar-refractivity contribution in [2.75, 3.05) is 25.0 Å². The van der Waals surface area contributed by atoms with E-state index in [1.165, 1.54) is 17.7 Å². The number of hydrogen-bond acceptors (Lipinski definition) is 6. The van der Waals surface area contributed by atoms with Gasteiger partial charge in [-0.3, -0.25) is 0 Å². The zero-order chi connectivity index (χ0) is 19.5. The van der Waals surface area contributed by atoms with Gasteiger partial charge in [0, 0.05) is 42.1 Å². The minimum atomic E-state index is 0.305. The van der Waals surface area contributed by atoms with E-state index in [4.69, 9.17) is 10.3 Å². The van der Waals surface area contributed by atoms with Crippen LogP contribution in [-0.4, -0.2) is 38.3 Å². The largest absolute Gasteiger partial charge is 0.489 e. The van der Waals surface area contributed by atoms with E-state index in [0.29, 0.717) is 23.9 Å². The van der Waals surface area contributed by atoms with Gasteiger partial charge in [-0.2, -0.15) is 5.11 Å². The molecule has 28 heavy (non-hydrogen) atoms. The lowest BCUT2D eigenvalue weighted by Crippen LogP contribution is -2.37. The summed E-state index contributed by atoms with van der Waals surface area (Å²) < 4.78 is 6.49. The summed E-state index contributed by atoms with van der Waals surface area (Å²) in [6.07, 6.45) is 10.1. The van der Waals surface area contributed by atoms with Crippen molar-refractivity contribution in [2.24, 2.45) is 5.11 Å². The molecule has 1 unspecified atom stereocenters. The van der Waals surface area contributed by atoms with Crippen molar-refractivity contribution in [1.29, 1.82) is 5.53 Å². The van der Waals surface area contributed by atoms with E-state index in [0.717, 1.165) is 62.9 Å². The number of rotatable bonds is 6. The number of hydrogen-bond donors (Lipinski definition) is 3. The van der Waals surface area contributed by atoms with Gasteiger partial charge in [0.25, 0.3) is 0 Å². The predicted molar refractivity (Wildman–Crippen MR) is 113 cm³/mol. The maximum atomic E-state index is 7.80. The van der Waals surface area contributed by atoms with Crippen molar-refractivity contribution in [2.45, 2.75) is 70.1 Å². The molecule has 1 atom stereocenters. The smallest absolute Gasteiger partial charge is 0.134 e. The van der Waals surface area contributed by atoms with Crippen molar-refractivity contribution in [3.05, 3.63) is 29.5 Å². The third-order valence-electron chi connectivity index (χ3n) is 6.62. The zero-order valence-corrected chi connectivity index (χ0v) is 17.1. The van der Waals surface area contributed by atoms with Gasteiger partial charge in [-0.1, -0.05) is 0 Å². The predicted octanol–water partition coefficient (Wildman–Crippen LogP) is 4.06. The normalized spacial score (nSPS) is 23.7. The Bertz CT molecular complexity index is 737. The average molecular weight is 384 g/mol. The van der Waals surface area contributed by atoms with E-state index in [1.807, 2.05) is 6.20 Å². The van der Waals surface area contributed by atoms with Crippen LogP contribution in [0.2, 0.25) is 0 Å². The molecule has 0 bridgehead atoms. The highest BCUT2D eigenvalue weighted by molar-refractivity contribution is 5.76. The molecular weight excluding hydrogens is 350 g/mol. The zero-order valence-electron chi connectivity index (χ0n) is 17.1. The van der Waals surface area contributed by atoms with E-state index < -0.39 is 0 Å². The van der Waals surface area contributed by atoms with E-state index in [1.54, 1.807) is 0 Å². The monoisotopic (exact) mass is 383 g/mol. The second-order valence-electron chi connectivity index (χ2n) is 8.44. The standard InChI is InChI=1S/C22H33N5O/c1-15-6-7-19-21(27(15)2)9-8-18(22(19)28-17-4-3-5-17)20(26-23)14-25-16-10-12-24-13-11-16/h8-9,14-17,23-25H,3-7,10-13H2,1-2H3/b20-14-,26-23?. The summed E-state index contributed by atoms with van der Waals surface area (Å²) in [6.45, 7) is 4.35. The molecule has 0 aromatic heterocycles.